The zero-order chi connectivity index (χ0) is 10.7. The van der Waals surface area contributed by atoms with Gasteiger partial charge in [0.25, 0.3) is 0 Å². The number of hydrogen-bond acceptors (Lipinski definition) is 3. The molecule has 2 nitrogen and oxygen atoms in total. The number of benzene rings is 1. The second-order valence-corrected chi connectivity index (χ2v) is 4.87. The first-order valence-electron chi connectivity index (χ1n) is 5.29. The maximum atomic E-state index is 4.46. The second kappa shape index (κ2) is 4.71. The summed E-state index contributed by atoms with van der Waals surface area (Å²) >= 11 is 1.74. The molecule has 0 spiro atoms. The van der Waals surface area contributed by atoms with Crippen LogP contribution in [0.3, 0.4) is 0 Å². The van der Waals surface area contributed by atoms with Crippen LogP contribution in [0.2, 0.25) is 0 Å². The largest absolute Gasteiger partial charge is 0.365 e. The average Bonchev–Trinajstić information content (AvgIpc) is 2.25. The number of thioether (sulfide) groups is 1. The van der Waals surface area contributed by atoms with Crippen LogP contribution in [-0.2, 0) is 0 Å². The molecule has 0 aliphatic carbocycles. The van der Waals surface area contributed by atoms with Crippen LogP contribution in [-0.4, -0.2) is 18.3 Å². The zero-order valence-corrected chi connectivity index (χ0v) is 10.0. The van der Waals surface area contributed by atoms with E-state index < -0.39 is 0 Å². The van der Waals surface area contributed by atoms with E-state index in [4.69, 9.17) is 0 Å². The van der Waals surface area contributed by atoms with Crippen molar-refractivity contribution in [2.75, 3.05) is 13.1 Å². The maximum absolute atomic E-state index is 4.46. The van der Waals surface area contributed by atoms with E-state index in [9.17, 15) is 0 Å². The van der Waals surface area contributed by atoms with Gasteiger partial charge in [-0.05, 0) is 37.5 Å². The summed E-state index contributed by atoms with van der Waals surface area (Å²) < 4.78 is 0. The van der Waals surface area contributed by atoms with Crippen molar-refractivity contribution in [1.82, 2.24) is 5.32 Å². The van der Waals surface area contributed by atoms with Crippen LogP contribution in [0.5, 0.6) is 0 Å². The van der Waals surface area contributed by atoms with E-state index in [1.807, 2.05) is 0 Å². The Morgan fingerprint density at radius 1 is 1.33 bits per heavy atom. The van der Waals surface area contributed by atoms with Gasteiger partial charge in [0.1, 0.15) is 0 Å². The highest BCUT2D eigenvalue weighted by Crippen LogP contribution is 2.24. The predicted molar refractivity (Wildman–Crippen MR) is 66.7 cm³/mol. The number of aryl methyl sites for hydroxylation is 2. The highest BCUT2D eigenvalue weighted by atomic mass is 32.2. The molecule has 0 amide bonds. The maximum Gasteiger partial charge on any atom is 0.161 e. The Labute approximate surface area is 95.2 Å². The molecule has 1 aliphatic heterocycles. The molecule has 0 bridgehead atoms. The van der Waals surface area contributed by atoms with Gasteiger partial charge >= 0.3 is 0 Å². The topological polar surface area (TPSA) is 24.4 Å². The molecule has 1 heterocycles. The third kappa shape index (κ3) is 2.75. The Hall–Kier alpha value is -0.960. The molecule has 3 heteroatoms. The van der Waals surface area contributed by atoms with Gasteiger partial charge in [-0.25, -0.2) is 0 Å². The Kier molecular flexibility index (Phi) is 3.31. The van der Waals surface area contributed by atoms with Gasteiger partial charge in [0.2, 0.25) is 0 Å². The summed E-state index contributed by atoms with van der Waals surface area (Å²) in [7, 11) is 0. The predicted octanol–water partition coefficient (Wildman–Crippen LogP) is 2.74. The third-order valence-electron chi connectivity index (χ3n) is 2.42. The van der Waals surface area contributed by atoms with Gasteiger partial charge in [0, 0.05) is 18.0 Å². The van der Waals surface area contributed by atoms with Gasteiger partial charge in [0.05, 0.1) is 0 Å². The van der Waals surface area contributed by atoms with E-state index in [1.54, 1.807) is 11.8 Å². The second-order valence-electron chi connectivity index (χ2n) is 3.84. The van der Waals surface area contributed by atoms with E-state index in [2.05, 4.69) is 42.4 Å². The molecule has 0 fully saturated rings. The molecular weight excluding hydrogens is 204 g/mol. The lowest BCUT2D eigenvalue weighted by molar-refractivity contribution is 0.751. The summed E-state index contributed by atoms with van der Waals surface area (Å²) in [6.07, 6.45) is 1.15. The van der Waals surface area contributed by atoms with Crippen molar-refractivity contribution in [3.05, 3.63) is 29.3 Å². The number of nitrogens with one attached hydrogen (secondary N) is 1. The fourth-order valence-corrected chi connectivity index (χ4v) is 2.51. The number of aliphatic imine (C=N–C) groups is 1. The van der Waals surface area contributed by atoms with Crippen LogP contribution < -0.4 is 5.32 Å². The first-order chi connectivity index (χ1) is 7.25. The minimum Gasteiger partial charge on any atom is -0.365 e. The van der Waals surface area contributed by atoms with Crippen LogP contribution >= 0.6 is 11.8 Å². The van der Waals surface area contributed by atoms with Gasteiger partial charge in [-0.15, -0.1) is 0 Å². The summed E-state index contributed by atoms with van der Waals surface area (Å²) in [6, 6.07) is 6.54. The number of hydrogen-bond donors (Lipinski definition) is 1. The minimum atomic E-state index is 0.959. The van der Waals surface area contributed by atoms with Gasteiger partial charge in [0.15, 0.2) is 5.17 Å². The Balaban J connectivity index is 2.15. The van der Waals surface area contributed by atoms with Crippen LogP contribution in [0.15, 0.2) is 28.1 Å². The highest BCUT2D eigenvalue weighted by molar-refractivity contribution is 8.13. The summed E-state index contributed by atoms with van der Waals surface area (Å²) in [5.41, 5.74) is 2.63. The molecule has 0 saturated carbocycles. The van der Waals surface area contributed by atoms with Crippen LogP contribution in [0.1, 0.15) is 17.5 Å². The number of amidine groups is 1. The number of nitrogens with zero attached hydrogens (tertiary/aromatic N) is 1. The molecule has 1 N–H and O–H groups in total. The van der Waals surface area contributed by atoms with Crippen molar-refractivity contribution in [3.8, 4) is 0 Å². The lowest BCUT2D eigenvalue weighted by Gasteiger charge is -2.14. The molecule has 1 aromatic rings. The Morgan fingerprint density at radius 2 is 2.20 bits per heavy atom. The van der Waals surface area contributed by atoms with Crippen LogP contribution in [0, 0.1) is 13.8 Å². The molecular formula is C12H16N2S. The van der Waals surface area contributed by atoms with Crippen LogP contribution in [0.25, 0.3) is 0 Å². The molecule has 0 atom stereocenters. The average molecular weight is 220 g/mol. The Bertz CT molecular complexity index is 385. The third-order valence-corrected chi connectivity index (χ3v) is 3.54. The molecule has 0 unspecified atom stereocenters. The first-order valence-corrected chi connectivity index (χ1v) is 6.11. The molecule has 0 radical (unpaired) electrons. The van der Waals surface area contributed by atoms with Gasteiger partial charge in [-0.1, -0.05) is 23.9 Å². The van der Waals surface area contributed by atoms with E-state index in [-0.39, 0.29) is 0 Å². The fourth-order valence-electron chi connectivity index (χ4n) is 1.50. The molecule has 1 aliphatic rings. The van der Waals surface area contributed by atoms with Gasteiger partial charge in [-0.3, -0.25) is 4.99 Å². The van der Waals surface area contributed by atoms with E-state index in [0.29, 0.717) is 0 Å². The van der Waals surface area contributed by atoms with Crippen LogP contribution in [0.4, 0.5) is 0 Å². The van der Waals surface area contributed by atoms with Crippen molar-refractivity contribution in [2.45, 2.75) is 25.2 Å². The lowest BCUT2D eigenvalue weighted by atomic mass is 10.2. The zero-order valence-electron chi connectivity index (χ0n) is 9.21. The monoisotopic (exact) mass is 220 g/mol. The standard InChI is InChI=1S/C12H16N2S/c1-9-4-5-10(2)11(8-9)15-12-13-6-3-7-14-12/h4-5,8H,3,6-7H2,1-2H3,(H,13,14). The molecule has 15 heavy (non-hydrogen) atoms. The van der Waals surface area contributed by atoms with E-state index in [0.717, 1.165) is 24.7 Å². The van der Waals surface area contributed by atoms with E-state index >= 15 is 0 Å². The lowest BCUT2D eigenvalue weighted by Crippen LogP contribution is -2.26. The molecule has 80 valence electrons. The quantitative estimate of drug-likeness (QED) is 0.787. The molecule has 2 rings (SSSR count). The normalized spacial score (nSPS) is 15.7. The summed E-state index contributed by atoms with van der Waals surface area (Å²) in [5, 5.41) is 4.39. The smallest absolute Gasteiger partial charge is 0.161 e. The highest BCUT2D eigenvalue weighted by Gasteiger charge is 2.07. The fraction of sp³-hybridized carbons (Fsp3) is 0.417. The molecule has 1 aromatic carbocycles. The summed E-state index contributed by atoms with van der Waals surface area (Å²) in [4.78, 5) is 5.77. The van der Waals surface area contributed by atoms with Gasteiger partial charge in [-0.2, -0.15) is 0 Å². The summed E-state index contributed by atoms with van der Waals surface area (Å²) in [6.45, 7) is 6.28. The van der Waals surface area contributed by atoms with Gasteiger partial charge < -0.3 is 5.32 Å². The van der Waals surface area contributed by atoms with Crippen molar-refractivity contribution in [1.29, 1.82) is 0 Å². The number of rotatable bonds is 1. The summed E-state index contributed by atoms with van der Waals surface area (Å²) in [5.74, 6) is 0. The van der Waals surface area contributed by atoms with Crippen molar-refractivity contribution in [3.63, 3.8) is 0 Å². The molecule has 0 aromatic heterocycles. The van der Waals surface area contributed by atoms with Crippen molar-refractivity contribution in [2.24, 2.45) is 4.99 Å². The first kappa shape index (κ1) is 10.6. The molecule has 0 saturated heterocycles. The van der Waals surface area contributed by atoms with Crippen molar-refractivity contribution < 1.29 is 0 Å². The SMILES string of the molecule is Cc1ccc(C)c(SC2=NCCCN2)c1. The minimum absolute atomic E-state index is 0.959. The Morgan fingerprint density at radius 3 is 2.93 bits per heavy atom. The van der Waals surface area contributed by atoms with E-state index in [1.165, 1.54) is 16.0 Å². The van der Waals surface area contributed by atoms with Crippen molar-refractivity contribution >= 4 is 16.9 Å².